The van der Waals surface area contributed by atoms with Gasteiger partial charge in [-0.3, -0.25) is 4.98 Å². The largest absolute Gasteiger partial charge is 0.256 e. The van der Waals surface area contributed by atoms with Crippen molar-refractivity contribution in [1.29, 1.82) is 0 Å². The quantitative estimate of drug-likeness (QED) is 0.149. The summed E-state index contributed by atoms with van der Waals surface area (Å²) in [6.07, 6.45) is 1.89. The maximum Gasteiger partial charge on any atom is 0.0966 e. The fraction of sp³-hybridized carbons (Fsp3) is 0. The van der Waals surface area contributed by atoms with Crippen LogP contribution in [0.15, 0.2) is 217 Å². The van der Waals surface area contributed by atoms with Crippen molar-refractivity contribution in [2.45, 2.75) is 0 Å². The van der Waals surface area contributed by atoms with Crippen molar-refractivity contribution in [3.63, 3.8) is 0 Å². The molecule has 0 aliphatic carbocycles. The summed E-state index contributed by atoms with van der Waals surface area (Å²) in [5.41, 5.74) is 13.9. The first kappa shape index (κ1) is 32.7. The van der Waals surface area contributed by atoms with Gasteiger partial charge in [0.05, 0.1) is 28.5 Å². The van der Waals surface area contributed by atoms with Gasteiger partial charge in [-0.25, -0.2) is 9.98 Å². The van der Waals surface area contributed by atoms with Gasteiger partial charge in [-0.2, -0.15) is 0 Å². The molecule has 3 heteroatoms. The van der Waals surface area contributed by atoms with Gasteiger partial charge in [0.2, 0.25) is 0 Å². The zero-order valence-electron chi connectivity index (χ0n) is 29.5. The van der Waals surface area contributed by atoms with E-state index in [1.807, 2.05) is 18.3 Å². The van der Waals surface area contributed by atoms with Gasteiger partial charge in [0.1, 0.15) is 0 Å². The van der Waals surface area contributed by atoms with Crippen LogP contribution in [0.5, 0.6) is 0 Å². The molecule has 0 aliphatic rings. The van der Waals surface area contributed by atoms with Crippen molar-refractivity contribution in [3.05, 3.63) is 224 Å². The molecule has 54 heavy (non-hydrogen) atoms. The lowest BCUT2D eigenvalue weighted by atomic mass is 9.93. The van der Waals surface area contributed by atoms with Gasteiger partial charge in [0.15, 0.2) is 0 Å². The zero-order chi connectivity index (χ0) is 36.1. The number of pyridine rings is 2. The molecule has 0 spiro atoms. The highest BCUT2D eigenvalue weighted by Gasteiger charge is 2.17. The molecule has 0 bridgehead atoms. The Morgan fingerprint density at radius 3 is 1.56 bits per heavy atom. The van der Waals surface area contributed by atoms with Crippen molar-refractivity contribution in [3.8, 4) is 55.9 Å². The average Bonchev–Trinajstić information content (AvgIpc) is 3.26. The van der Waals surface area contributed by atoms with Crippen LogP contribution in [0, 0.1) is 0 Å². The Morgan fingerprint density at radius 1 is 0.370 bits per heavy atom. The number of rotatable bonds is 8. The van der Waals surface area contributed by atoms with E-state index in [1.165, 1.54) is 0 Å². The summed E-state index contributed by atoms with van der Waals surface area (Å²) in [6, 6.07) is 71.8. The Kier molecular flexibility index (Phi) is 8.94. The molecule has 0 saturated heterocycles. The van der Waals surface area contributed by atoms with Crippen LogP contribution in [0.4, 0.5) is 5.69 Å². The molecule has 2 aromatic heterocycles. The molecule has 0 fully saturated rings. The predicted octanol–water partition coefficient (Wildman–Crippen LogP) is 13.1. The lowest BCUT2D eigenvalue weighted by Gasteiger charge is -2.15. The SMILES string of the molecule is c1ccc(/C(=N\c2cccc3ccccc23)c2cc(-c3cc(-c4ccccc4)ccn3)cc(-c3cc(-c4ccccc4)cc(-c4ccccc4)c3)n2)cc1. The lowest BCUT2D eigenvalue weighted by Crippen LogP contribution is -2.07. The Labute approximate surface area is 315 Å². The molecule has 3 nitrogen and oxygen atoms in total. The number of fused-ring (bicyclic) bond motifs is 1. The molecule has 254 valence electrons. The minimum atomic E-state index is 0.764. The summed E-state index contributed by atoms with van der Waals surface area (Å²) in [4.78, 5) is 15.8. The molecule has 0 radical (unpaired) electrons. The number of benzene rings is 7. The fourth-order valence-corrected chi connectivity index (χ4v) is 7.01. The van der Waals surface area contributed by atoms with Crippen molar-refractivity contribution in [2.75, 3.05) is 0 Å². The molecule has 0 N–H and O–H groups in total. The van der Waals surface area contributed by atoms with Gasteiger partial charge in [-0.1, -0.05) is 158 Å². The van der Waals surface area contributed by atoms with Crippen molar-refractivity contribution in [2.24, 2.45) is 4.99 Å². The Balaban J connectivity index is 1.30. The molecule has 2 heterocycles. The standard InChI is InChI=1S/C51H35N3/c1-5-16-36(17-6-1)41-28-29-52-48(33-41)45-34-49(44-31-42(37-18-7-2-8-19-37)30-43(32-44)38-20-9-3-10-21-38)53-50(35-45)51(40-23-11-4-12-24-40)54-47-27-15-25-39-22-13-14-26-46(39)47/h1-35H/b54-51+. The van der Waals surface area contributed by atoms with Crippen molar-refractivity contribution in [1.82, 2.24) is 9.97 Å². The van der Waals surface area contributed by atoms with E-state index in [0.717, 1.165) is 89.3 Å². The smallest absolute Gasteiger partial charge is 0.0966 e. The average molecular weight is 690 g/mol. The van der Waals surface area contributed by atoms with E-state index in [0.29, 0.717) is 0 Å². The van der Waals surface area contributed by atoms with Crippen LogP contribution in [0.1, 0.15) is 11.3 Å². The molecule has 0 saturated carbocycles. The van der Waals surface area contributed by atoms with Gasteiger partial charge in [-0.15, -0.1) is 0 Å². The molecule has 9 aromatic rings. The molecular weight excluding hydrogens is 655 g/mol. The molecule has 0 amide bonds. The van der Waals surface area contributed by atoms with Gasteiger partial charge in [0, 0.05) is 28.3 Å². The molecule has 7 aromatic carbocycles. The second kappa shape index (κ2) is 14.8. The highest BCUT2D eigenvalue weighted by Crippen LogP contribution is 2.36. The third kappa shape index (κ3) is 6.87. The summed E-state index contributed by atoms with van der Waals surface area (Å²) in [5, 5.41) is 2.23. The summed E-state index contributed by atoms with van der Waals surface area (Å²) in [6.45, 7) is 0. The molecule has 0 unspecified atom stereocenters. The van der Waals surface area contributed by atoms with Crippen molar-refractivity contribution < 1.29 is 0 Å². The second-order valence-corrected chi connectivity index (χ2v) is 13.3. The number of hydrogen-bond acceptors (Lipinski definition) is 3. The van der Waals surface area contributed by atoms with Gasteiger partial charge >= 0.3 is 0 Å². The van der Waals surface area contributed by atoms with Gasteiger partial charge in [0.25, 0.3) is 0 Å². The number of nitrogens with zero attached hydrogens (tertiary/aromatic N) is 3. The first-order valence-electron chi connectivity index (χ1n) is 18.2. The first-order chi connectivity index (χ1) is 26.7. The molecule has 0 atom stereocenters. The van der Waals surface area contributed by atoms with Crippen LogP contribution in [0.3, 0.4) is 0 Å². The van der Waals surface area contributed by atoms with Crippen LogP contribution in [-0.4, -0.2) is 15.7 Å². The van der Waals surface area contributed by atoms with E-state index >= 15 is 0 Å². The monoisotopic (exact) mass is 689 g/mol. The fourth-order valence-electron chi connectivity index (χ4n) is 7.01. The van der Waals surface area contributed by atoms with Crippen LogP contribution < -0.4 is 0 Å². The van der Waals surface area contributed by atoms with Crippen LogP contribution in [0.2, 0.25) is 0 Å². The van der Waals surface area contributed by atoms with Gasteiger partial charge < -0.3 is 0 Å². The number of aliphatic imine (C=N–C) groups is 1. The van der Waals surface area contributed by atoms with Gasteiger partial charge in [-0.05, 0) is 87.3 Å². The van der Waals surface area contributed by atoms with E-state index in [-0.39, 0.29) is 0 Å². The minimum absolute atomic E-state index is 0.764. The topological polar surface area (TPSA) is 38.1 Å². The molecule has 9 rings (SSSR count). The van der Waals surface area contributed by atoms with E-state index < -0.39 is 0 Å². The van der Waals surface area contributed by atoms with E-state index in [2.05, 4.69) is 194 Å². The Bertz CT molecular complexity index is 2680. The highest BCUT2D eigenvalue weighted by molar-refractivity contribution is 6.14. The maximum atomic E-state index is 5.47. The summed E-state index contributed by atoms with van der Waals surface area (Å²) in [7, 11) is 0. The zero-order valence-corrected chi connectivity index (χ0v) is 29.5. The lowest BCUT2D eigenvalue weighted by molar-refractivity contribution is 1.26. The Morgan fingerprint density at radius 2 is 0.889 bits per heavy atom. The van der Waals surface area contributed by atoms with Crippen LogP contribution >= 0.6 is 0 Å². The molecular formula is C51H35N3. The van der Waals surface area contributed by atoms with E-state index in [1.54, 1.807) is 0 Å². The number of hydrogen-bond donors (Lipinski definition) is 0. The third-order valence-corrected chi connectivity index (χ3v) is 9.72. The van der Waals surface area contributed by atoms with E-state index in [9.17, 15) is 0 Å². The van der Waals surface area contributed by atoms with Crippen LogP contribution in [-0.2, 0) is 0 Å². The predicted molar refractivity (Wildman–Crippen MR) is 225 cm³/mol. The summed E-state index contributed by atoms with van der Waals surface area (Å²) < 4.78 is 0. The normalized spacial score (nSPS) is 11.4. The molecule has 0 aliphatic heterocycles. The minimum Gasteiger partial charge on any atom is -0.256 e. The summed E-state index contributed by atoms with van der Waals surface area (Å²) >= 11 is 0. The van der Waals surface area contributed by atoms with Crippen molar-refractivity contribution >= 4 is 22.2 Å². The highest BCUT2D eigenvalue weighted by atomic mass is 14.8. The number of aromatic nitrogens is 2. The maximum absolute atomic E-state index is 5.47. The first-order valence-corrected chi connectivity index (χ1v) is 18.2. The Hall–Kier alpha value is -7.23. The third-order valence-electron chi connectivity index (χ3n) is 9.72. The van der Waals surface area contributed by atoms with Crippen LogP contribution in [0.25, 0.3) is 66.7 Å². The second-order valence-electron chi connectivity index (χ2n) is 13.3. The summed E-state index contributed by atoms with van der Waals surface area (Å²) in [5.74, 6) is 0. The van der Waals surface area contributed by atoms with E-state index in [4.69, 9.17) is 15.0 Å².